The number of rotatable bonds is 4. The van der Waals surface area contributed by atoms with E-state index in [9.17, 15) is 4.79 Å². The zero-order chi connectivity index (χ0) is 18.8. The van der Waals surface area contributed by atoms with Crippen LogP contribution in [0, 0.1) is 0 Å². The van der Waals surface area contributed by atoms with Crippen molar-refractivity contribution in [3.8, 4) is 0 Å². The molecule has 0 atom stereocenters. The molecule has 4 heteroatoms. The van der Waals surface area contributed by atoms with Crippen molar-refractivity contribution in [3.63, 3.8) is 0 Å². The Labute approximate surface area is 178 Å². The molecule has 0 heterocycles. The van der Waals surface area contributed by atoms with Crippen LogP contribution in [0.2, 0.25) is 0 Å². The summed E-state index contributed by atoms with van der Waals surface area (Å²) in [5, 5.41) is 12.6. The molecule has 1 N–H and O–H groups in total. The average Bonchev–Trinajstić information content (AvgIpc) is 2.64. The minimum Gasteiger partial charge on any atom is -0.512 e. The van der Waals surface area contributed by atoms with Gasteiger partial charge in [0.25, 0.3) is 0 Å². The van der Waals surface area contributed by atoms with E-state index in [0.29, 0.717) is 0 Å². The molecule has 0 unspecified atom stereocenters. The second kappa shape index (κ2) is 12.4. The number of ketones is 1. The van der Waals surface area contributed by atoms with E-state index in [1.165, 1.54) is 35.8 Å². The largest absolute Gasteiger partial charge is 0.512 e. The summed E-state index contributed by atoms with van der Waals surface area (Å²) in [6, 6.07) is 32.3. The Balaban J connectivity index is 0.000000395. The van der Waals surface area contributed by atoms with Crippen LogP contribution in [0.5, 0.6) is 0 Å². The standard InChI is InChI=1S/C18H15P.C5H8O2.Ag/c1-4-10-16(11-5-1)19(17-12-6-2-7-13-17)18-14-8-3-9-15-18;1-4(6)3-5(2)7;/h1-15H;3,6H,1-2H3;/b;4-3-;. The Morgan fingerprint density at radius 1 is 0.704 bits per heavy atom. The molecule has 0 spiro atoms. The van der Waals surface area contributed by atoms with E-state index < -0.39 is 7.92 Å². The normalized spacial score (nSPS) is 10.4. The Morgan fingerprint density at radius 3 is 1.19 bits per heavy atom. The van der Waals surface area contributed by atoms with Gasteiger partial charge in [0.2, 0.25) is 0 Å². The van der Waals surface area contributed by atoms with E-state index in [0.717, 1.165) is 0 Å². The van der Waals surface area contributed by atoms with Crippen LogP contribution in [0.4, 0.5) is 0 Å². The van der Waals surface area contributed by atoms with Gasteiger partial charge < -0.3 is 5.11 Å². The van der Waals surface area contributed by atoms with Gasteiger partial charge >= 0.3 is 0 Å². The van der Waals surface area contributed by atoms with Gasteiger partial charge in [0, 0.05) is 28.5 Å². The fourth-order valence-electron chi connectivity index (χ4n) is 2.47. The number of hydrogen-bond acceptors (Lipinski definition) is 2. The monoisotopic (exact) mass is 469 g/mol. The van der Waals surface area contributed by atoms with Crippen molar-refractivity contribution in [1.29, 1.82) is 0 Å². The molecule has 0 aliphatic heterocycles. The Morgan fingerprint density at radius 2 is 1.00 bits per heavy atom. The summed E-state index contributed by atoms with van der Waals surface area (Å²) in [4.78, 5) is 10.0. The third-order valence-electron chi connectivity index (χ3n) is 3.46. The first kappa shape index (κ1) is 23.1. The second-order valence-electron chi connectivity index (χ2n) is 5.74. The molecular weight excluding hydrogens is 447 g/mol. The van der Waals surface area contributed by atoms with Crippen LogP contribution < -0.4 is 15.9 Å². The Hall–Kier alpha value is -1.96. The van der Waals surface area contributed by atoms with Gasteiger partial charge in [0.1, 0.15) is 0 Å². The van der Waals surface area contributed by atoms with Crippen LogP contribution in [0.3, 0.4) is 0 Å². The summed E-state index contributed by atoms with van der Waals surface area (Å²) in [7, 11) is -0.446. The van der Waals surface area contributed by atoms with E-state index in [4.69, 9.17) is 5.11 Å². The number of aliphatic hydroxyl groups is 1. The van der Waals surface area contributed by atoms with Crippen LogP contribution >= 0.6 is 7.92 Å². The van der Waals surface area contributed by atoms with Gasteiger partial charge in [-0.3, -0.25) is 4.79 Å². The molecule has 2 nitrogen and oxygen atoms in total. The summed E-state index contributed by atoms with van der Waals surface area (Å²) in [6.07, 6.45) is 1.17. The molecule has 143 valence electrons. The molecule has 3 aromatic carbocycles. The van der Waals surface area contributed by atoms with Gasteiger partial charge in [0.15, 0.2) is 5.78 Å². The van der Waals surface area contributed by atoms with Gasteiger partial charge in [-0.05, 0) is 37.7 Å². The van der Waals surface area contributed by atoms with Gasteiger partial charge in [-0.1, -0.05) is 91.0 Å². The van der Waals surface area contributed by atoms with E-state index in [2.05, 4.69) is 91.0 Å². The maximum Gasteiger partial charge on any atom is 0.155 e. The predicted octanol–water partition coefficient (Wildman–Crippen LogP) is 4.48. The molecular formula is C23H23AgO2P. The minimum atomic E-state index is -0.446. The van der Waals surface area contributed by atoms with E-state index in [-0.39, 0.29) is 33.9 Å². The maximum absolute atomic E-state index is 10.0. The molecule has 27 heavy (non-hydrogen) atoms. The Kier molecular flexibility index (Phi) is 10.6. The summed E-state index contributed by atoms with van der Waals surface area (Å²) in [6.45, 7) is 2.85. The molecule has 0 aliphatic rings. The first-order chi connectivity index (χ1) is 12.6. The number of benzene rings is 3. The minimum absolute atomic E-state index is 0. The van der Waals surface area contributed by atoms with Crippen molar-refractivity contribution in [2.24, 2.45) is 0 Å². The van der Waals surface area contributed by atoms with Gasteiger partial charge in [0.05, 0.1) is 5.76 Å². The van der Waals surface area contributed by atoms with Crippen molar-refractivity contribution in [2.45, 2.75) is 13.8 Å². The average molecular weight is 470 g/mol. The van der Waals surface area contributed by atoms with Crippen LogP contribution in [0.1, 0.15) is 13.8 Å². The topological polar surface area (TPSA) is 37.3 Å². The third-order valence-corrected chi connectivity index (χ3v) is 5.90. The zero-order valence-corrected chi connectivity index (χ0v) is 17.7. The number of carbonyl (C=O) groups is 1. The van der Waals surface area contributed by atoms with Crippen molar-refractivity contribution in [2.75, 3.05) is 0 Å². The van der Waals surface area contributed by atoms with Crippen molar-refractivity contribution >= 4 is 29.6 Å². The molecule has 0 bridgehead atoms. The van der Waals surface area contributed by atoms with Crippen LogP contribution in [0.15, 0.2) is 103 Å². The van der Waals surface area contributed by atoms with Crippen molar-refractivity contribution < 1.29 is 32.3 Å². The predicted molar refractivity (Wildman–Crippen MR) is 112 cm³/mol. The molecule has 3 rings (SSSR count). The number of hydrogen-bond donors (Lipinski definition) is 1. The first-order valence-electron chi connectivity index (χ1n) is 8.41. The molecule has 0 aromatic heterocycles. The summed E-state index contributed by atoms with van der Waals surface area (Å²) < 4.78 is 0. The maximum atomic E-state index is 10.0. The molecule has 3 aromatic rings. The van der Waals surface area contributed by atoms with Crippen molar-refractivity contribution in [1.82, 2.24) is 0 Å². The number of aliphatic hydroxyl groups excluding tert-OH is 1. The summed E-state index contributed by atoms with van der Waals surface area (Å²) in [5.41, 5.74) is 0. The quantitative estimate of drug-likeness (QED) is 0.264. The van der Waals surface area contributed by atoms with Gasteiger partial charge in [-0.25, -0.2) is 0 Å². The van der Waals surface area contributed by atoms with Crippen LogP contribution in [0.25, 0.3) is 0 Å². The van der Waals surface area contributed by atoms with Gasteiger partial charge in [-0.2, -0.15) is 0 Å². The molecule has 1 radical (unpaired) electrons. The zero-order valence-electron chi connectivity index (χ0n) is 15.3. The van der Waals surface area contributed by atoms with E-state index >= 15 is 0 Å². The van der Waals surface area contributed by atoms with Gasteiger partial charge in [-0.15, -0.1) is 0 Å². The fraction of sp³-hybridized carbons (Fsp3) is 0.0870. The molecule has 0 saturated heterocycles. The summed E-state index contributed by atoms with van der Waals surface area (Å²) >= 11 is 0. The van der Waals surface area contributed by atoms with E-state index in [1.807, 2.05) is 0 Å². The molecule has 0 saturated carbocycles. The smallest absolute Gasteiger partial charge is 0.155 e. The Bertz CT molecular complexity index is 736. The number of carbonyl (C=O) groups excluding carboxylic acids is 1. The second-order valence-corrected chi connectivity index (χ2v) is 7.96. The molecule has 0 amide bonds. The van der Waals surface area contributed by atoms with Crippen molar-refractivity contribution in [3.05, 3.63) is 103 Å². The first-order valence-corrected chi connectivity index (χ1v) is 9.75. The van der Waals surface area contributed by atoms with E-state index in [1.54, 1.807) is 0 Å². The van der Waals surface area contributed by atoms with Crippen LogP contribution in [-0.4, -0.2) is 10.9 Å². The fourth-order valence-corrected chi connectivity index (χ4v) is 4.78. The molecule has 0 aliphatic carbocycles. The SMILES string of the molecule is CC(=O)/C=C(/C)O.[Ag].c1ccc(P(c2ccccc2)c2ccccc2)cc1. The number of allylic oxidation sites excluding steroid dienone is 2. The third kappa shape index (κ3) is 8.07. The molecule has 0 fully saturated rings. The van der Waals surface area contributed by atoms with Crippen LogP contribution in [-0.2, 0) is 27.2 Å². The summed E-state index contributed by atoms with van der Waals surface area (Å²) in [5.74, 6) is -0.0625.